The third kappa shape index (κ3) is 3.70. The number of alkyl halides is 3. The van der Waals surface area contributed by atoms with E-state index < -0.39 is 11.7 Å². The van der Waals surface area contributed by atoms with E-state index in [4.69, 9.17) is 0 Å². The van der Waals surface area contributed by atoms with Crippen LogP contribution in [-0.2, 0) is 6.18 Å². The maximum absolute atomic E-state index is 12.8. The fourth-order valence-corrected chi connectivity index (χ4v) is 2.25. The van der Waals surface area contributed by atoms with Crippen molar-refractivity contribution >= 4 is 18.2 Å². The minimum atomic E-state index is -4.47. The highest BCUT2D eigenvalue weighted by atomic mass is 35.5. The monoisotopic (exact) mass is 293 g/mol. The van der Waals surface area contributed by atoms with Crippen LogP contribution in [-0.4, -0.2) is 18.9 Å². The molecule has 6 heteroatoms. The number of hydrogen-bond donors (Lipinski definition) is 1. The Kier molecular flexibility index (Phi) is 5.38. The molecule has 106 valence electrons. The molecule has 0 bridgehead atoms. The number of carbonyl (C=O) groups is 1. The van der Waals surface area contributed by atoms with Gasteiger partial charge in [-0.1, -0.05) is 18.2 Å². The molecule has 0 saturated carbocycles. The number of piperidine rings is 1. The zero-order chi connectivity index (χ0) is 13.2. The Hall–Kier alpha value is -1.07. The number of nitrogens with one attached hydrogen (secondary N) is 1. The molecule has 1 fully saturated rings. The number of benzene rings is 1. The molecule has 0 aliphatic carbocycles. The molecule has 2 nitrogen and oxygen atoms in total. The zero-order valence-electron chi connectivity index (χ0n) is 10.2. The number of Topliss-reactive ketones (excluding diaryl/α,β-unsaturated/α-hetero) is 1. The molecule has 0 atom stereocenters. The summed E-state index contributed by atoms with van der Waals surface area (Å²) >= 11 is 0. The molecule has 0 aromatic heterocycles. The van der Waals surface area contributed by atoms with E-state index in [1.54, 1.807) is 0 Å². The van der Waals surface area contributed by atoms with Gasteiger partial charge in [0.05, 0.1) is 5.56 Å². The van der Waals surface area contributed by atoms with Gasteiger partial charge in [0.25, 0.3) is 0 Å². The van der Waals surface area contributed by atoms with Gasteiger partial charge in [-0.15, -0.1) is 12.4 Å². The first-order chi connectivity index (χ1) is 8.50. The topological polar surface area (TPSA) is 29.1 Å². The summed E-state index contributed by atoms with van der Waals surface area (Å²) in [7, 11) is 0. The van der Waals surface area contributed by atoms with Gasteiger partial charge in [0, 0.05) is 11.5 Å². The van der Waals surface area contributed by atoms with E-state index in [1.165, 1.54) is 18.2 Å². The summed E-state index contributed by atoms with van der Waals surface area (Å²) in [5, 5.41) is 3.09. The molecule has 1 aromatic carbocycles. The first-order valence-electron chi connectivity index (χ1n) is 5.91. The molecule has 1 aromatic rings. The SMILES string of the molecule is Cl.O=C(c1ccccc1C(F)(F)F)C1CCNCC1. The molecular formula is C13H15ClF3NO. The minimum Gasteiger partial charge on any atom is -0.317 e. The molecular weight excluding hydrogens is 279 g/mol. The Balaban J connectivity index is 0.00000180. The van der Waals surface area contributed by atoms with Gasteiger partial charge in [0.15, 0.2) is 5.78 Å². The van der Waals surface area contributed by atoms with Crippen molar-refractivity contribution in [2.45, 2.75) is 19.0 Å². The van der Waals surface area contributed by atoms with E-state index in [1.807, 2.05) is 0 Å². The largest absolute Gasteiger partial charge is 0.417 e. The predicted molar refractivity (Wildman–Crippen MR) is 68.6 cm³/mol. The predicted octanol–water partition coefficient (Wildman–Crippen LogP) is 3.31. The van der Waals surface area contributed by atoms with E-state index in [0.29, 0.717) is 25.9 Å². The van der Waals surface area contributed by atoms with E-state index in [-0.39, 0.29) is 29.7 Å². The lowest BCUT2D eigenvalue weighted by atomic mass is 9.87. The minimum absolute atomic E-state index is 0. The van der Waals surface area contributed by atoms with Crippen molar-refractivity contribution < 1.29 is 18.0 Å². The second-order valence-corrected chi connectivity index (χ2v) is 4.43. The van der Waals surface area contributed by atoms with Crippen LogP contribution in [0.1, 0.15) is 28.8 Å². The van der Waals surface area contributed by atoms with Crippen LogP contribution in [0.15, 0.2) is 24.3 Å². The smallest absolute Gasteiger partial charge is 0.317 e. The highest BCUT2D eigenvalue weighted by Gasteiger charge is 2.36. The molecule has 0 spiro atoms. The van der Waals surface area contributed by atoms with Crippen molar-refractivity contribution in [3.05, 3.63) is 35.4 Å². The maximum atomic E-state index is 12.8. The fraction of sp³-hybridized carbons (Fsp3) is 0.462. The number of ketones is 1. The summed E-state index contributed by atoms with van der Waals surface area (Å²) in [6, 6.07) is 5.02. The van der Waals surface area contributed by atoms with Crippen molar-refractivity contribution in [3.8, 4) is 0 Å². The lowest BCUT2D eigenvalue weighted by Crippen LogP contribution is -2.32. The van der Waals surface area contributed by atoms with Crippen LogP contribution in [0.25, 0.3) is 0 Å². The highest BCUT2D eigenvalue weighted by Crippen LogP contribution is 2.33. The van der Waals surface area contributed by atoms with Gasteiger partial charge >= 0.3 is 6.18 Å². The first kappa shape index (κ1) is 16.0. The van der Waals surface area contributed by atoms with Crippen molar-refractivity contribution in [2.24, 2.45) is 5.92 Å². The molecule has 1 aliphatic rings. The molecule has 19 heavy (non-hydrogen) atoms. The molecule has 0 unspecified atom stereocenters. The van der Waals surface area contributed by atoms with Gasteiger partial charge < -0.3 is 5.32 Å². The summed E-state index contributed by atoms with van der Waals surface area (Å²) in [6.45, 7) is 1.37. The normalized spacial score (nSPS) is 16.8. The van der Waals surface area contributed by atoms with Crippen molar-refractivity contribution in [3.63, 3.8) is 0 Å². The van der Waals surface area contributed by atoms with Crippen molar-refractivity contribution in [1.82, 2.24) is 5.32 Å². The van der Waals surface area contributed by atoms with Gasteiger partial charge in [-0.3, -0.25) is 4.79 Å². The Morgan fingerprint density at radius 2 is 1.74 bits per heavy atom. The van der Waals surface area contributed by atoms with E-state index in [2.05, 4.69) is 5.32 Å². The van der Waals surface area contributed by atoms with Gasteiger partial charge in [-0.2, -0.15) is 13.2 Å². The molecule has 1 N–H and O–H groups in total. The molecule has 1 heterocycles. The third-order valence-electron chi connectivity index (χ3n) is 3.21. The molecule has 0 radical (unpaired) electrons. The first-order valence-corrected chi connectivity index (χ1v) is 5.91. The van der Waals surface area contributed by atoms with Crippen LogP contribution >= 0.6 is 12.4 Å². The molecule has 1 aliphatic heterocycles. The lowest BCUT2D eigenvalue weighted by Gasteiger charge is -2.22. The maximum Gasteiger partial charge on any atom is 0.417 e. The Bertz CT molecular complexity index is 442. The zero-order valence-corrected chi connectivity index (χ0v) is 11.0. The van der Waals surface area contributed by atoms with Crippen LogP contribution in [0, 0.1) is 5.92 Å². The van der Waals surface area contributed by atoms with E-state index in [9.17, 15) is 18.0 Å². The average Bonchev–Trinajstić information content (AvgIpc) is 2.38. The number of rotatable bonds is 2. The molecule has 0 amide bonds. The number of carbonyl (C=O) groups excluding carboxylic acids is 1. The average molecular weight is 294 g/mol. The van der Waals surface area contributed by atoms with Crippen LogP contribution < -0.4 is 5.32 Å². The van der Waals surface area contributed by atoms with Gasteiger partial charge in [0.1, 0.15) is 0 Å². The van der Waals surface area contributed by atoms with Gasteiger partial charge in [-0.25, -0.2) is 0 Å². The quantitative estimate of drug-likeness (QED) is 0.848. The lowest BCUT2D eigenvalue weighted by molar-refractivity contribution is -0.137. The van der Waals surface area contributed by atoms with Gasteiger partial charge in [-0.05, 0) is 32.0 Å². The van der Waals surface area contributed by atoms with Crippen LogP contribution in [0.5, 0.6) is 0 Å². The van der Waals surface area contributed by atoms with E-state index >= 15 is 0 Å². The summed E-state index contributed by atoms with van der Waals surface area (Å²) in [6.07, 6.45) is -3.27. The van der Waals surface area contributed by atoms with Gasteiger partial charge in [0.2, 0.25) is 0 Å². The molecule has 2 rings (SSSR count). The second-order valence-electron chi connectivity index (χ2n) is 4.43. The summed E-state index contributed by atoms with van der Waals surface area (Å²) in [5.74, 6) is -0.681. The van der Waals surface area contributed by atoms with Crippen LogP contribution in [0.2, 0.25) is 0 Å². The summed E-state index contributed by atoms with van der Waals surface area (Å²) in [5.41, 5.74) is -1.02. The van der Waals surface area contributed by atoms with Crippen LogP contribution in [0.4, 0.5) is 13.2 Å². The summed E-state index contributed by atoms with van der Waals surface area (Å²) < 4.78 is 38.4. The second kappa shape index (κ2) is 6.39. The van der Waals surface area contributed by atoms with Crippen LogP contribution in [0.3, 0.4) is 0 Å². The number of halogens is 4. The fourth-order valence-electron chi connectivity index (χ4n) is 2.25. The third-order valence-corrected chi connectivity index (χ3v) is 3.21. The number of hydrogen-bond acceptors (Lipinski definition) is 2. The Labute approximate surface area is 115 Å². The van der Waals surface area contributed by atoms with E-state index in [0.717, 1.165) is 6.07 Å². The Morgan fingerprint density at radius 1 is 1.16 bits per heavy atom. The Morgan fingerprint density at radius 3 is 2.32 bits per heavy atom. The van der Waals surface area contributed by atoms with Crippen molar-refractivity contribution in [1.29, 1.82) is 0 Å². The standard InChI is InChI=1S/C13H14F3NO.ClH/c14-13(15,16)11-4-2-1-3-10(11)12(18)9-5-7-17-8-6-9;/h1-4,9,17H,5-8H2;1H. The molecule has 1 saturated heterocycles. The highest BCUT2D eigenvalue weighted by molar-refractivity contribution is 5.99. The van der Waals surface area contributed by atoms with Crippen molar-refractivity contribution in [2.75, 3.05) is 13.1 Å². The summed E-state index contributed by atoms with van der Waals surface area (Å²) in [4.78, 5) is 12.1.